The topological polar surface area (TPSA) is 90.0 Å². The Morgan fingerprint density at radius 3 is 2.26 bits per heavy atom. The Kier molecular flexibility index (Phi) is 6.93. The average Bonchev–Trinajstić information content (AvgIpc) is 2.73. The first-order chi connectivity index (χ1) is 14.6. The lowest BCUT2D eigenvalue weighted by molar-refractivity contribution is -0.0440. The minimum absolute atomic E-state index is 0.0943. The van der Waals surface area contributed by atoms with E-state index < -0.39 is 16.0 Å². The van der Waals surface area contributed by atoms with E-state index in [2.05, 4.69) is 0 Å². The summed E-state index contributed by atoms with van der Waals surface area (Å²) in [6.45, 7) is 7.54. The lowest BCUT2D eigenvalue weighted by Crippen LogP contribution is -2.48. The molecular formula is C23H27NO6S. The minimum Gasteiger partial charge on any atom is -0.454 e. The number of ether oxygens (including phenoxy) is 2. The number of carbonyl (C=O) groups excluding carboxylic acids is 2. The molecule has 0 N–H and O–H groups in total. The van der Waals surface area contributed by atoms with E-state index in [1.807, 2.05) is 39.8 Å². The molecule has 1 fully saturated rings. The largest absolute Gasteiger partial charge is 0.454 e. The minimum atomic E-state index is -3.69. The van der Waals surface area contributed by atoms with Gasteiger partial charge in [-0.1, -0.05) is 17.7 Å². The van der Waals surface area contributed by atoms with Crippen LogP contribution in [0.1, 0.15) is 45.7 Å². The Hall–Kier alpha value is -2.55. The lowest BCUT2D eigenvalue weighted by atomic mass is 10.0. The quantitative estimate of drug-likeness (QED) is 0.501. The molecule has 0 aromatic heterocycles. The van der Waals surface area contributed by atoms with Crippen molar-refractivity contribution in [2.75, 3.05) is 19.7 Å². The van der Waals surface area contributed by atoms with E-state index in [0.29, 0.717) is 5.56 Å². The van der Waals surface area contributed by atoms with Crippen LogP contribution in [0.2, 0.25) is 0 Å². The number of benzene rings is 2. The van der Waals surface area contributed by atoms with E-state index in [4.69, 9.17) is 9.47 Å². The van der Waals surface area contributed by atoms with E-state index in [-0.39, 0.29) is 48.1 Å². The number of aryl methyl sites for hydroxylation is 2. The molecule has 0 bridgehead atoms. The zero-order chi connectivity index (χ0) is 22.8. The Morgan fingerprint density at radius 2 is 1.65 bits per heavy atom. The number of esters is 1. The molecule has 2 atom stereocenters. The van der Waals surface area contributed by atoms with E-state index in [9.17, 15) is 18.0 Å². The molecule has 7 nitrogen and oxygen atoms in total. The smallest absolute Gasteiger partial charge is 0.338 e. The summed E-state index contributed by atoms with van der Waals surface area (Å²) in [4.78, 5) is 24.8. The van der Waals surface area contributed by atoms with Gasteiger partial charge in [0.05, 0.1) is 22.7 Å². The number of nitrogens with zero attached hydrogens (tertiary/aromatic N) is 1. The van der Waals surface area contributed by atoms with Crippen LogP contribution in [0, 0.1) is 13.8 Å². The predicted molar refractivity (Wildman–Crippen MR) is 116 cm³/mol. The third kappa shape index (κ3) is 5.39. The van der Waals surface area contributed by atoms with Crippen LogP contribution in [-0.2, 0) is 19.5 Å². The molecule has 8 heteroatoms. The van der Waals surface area contributed by atoms with Crippen molar-refractivity contribution in [3.05, 3.63) is 64.7 Å². The van der Waals surface area contributed by atoms with Crippen LogP contribution >= 0.6 is 0 Å². The van der Waals surface area contributed by atoms with E-state index in [1.54, 1.807) is 6.07 Å². The monoisotopic (exact) mass is 445 g/mol. The zero-order valence-corrected chi connectivity index (χ0v) is 18.9. The van der Waals surface area contributed by atoms with Crippen molar-refractivity contribution in [2.24, 2.45) is 0 Å². The maximum Gasteiger partial charge on any atom is 0.338 e. The molecule has 2 aromatic carbocycles. The van der Waals surface area contributed by atoms with Gasteiger partial charge in [0.1, 0.15) is 0 Å². The van der Waals surface area contributed by atoms with Crippen molar-refractivity contribution >= 4 is 21.8 Å². The molecular weight excluding hydrogens is 418 g/mol. The highest BCUT2D eigenvalue weighted by Crippen LogP contribution is 2.22. The molecule has 0 radical (unpaired) electrons. The number of sulfonamides is 1. The van der Waals surface area contributed by atoms with Gasteiger partial charge in [0.25, 0.3) is 0 Å². The van der Waals surface area contributed by atoms with Gasteiger partial charge in [-0.15, -0.1) is 0 Å². The van der Waals surface area contributed by atoms with Crippen molar-refractivity contribution in [1.29, 1.82) is 0 Å². The third-order valence-electron chi connectivity index (χ3n) is 5.14. The molecule has 2 unspecified atom stereocenters. The Morgan fingerprint density at radius 1 is 1.03 bits per heavy atom. The highest BCUT2D eigenvalue weighted by molar-refractivity contribution is 7.89. The molecule has 3 rings (SSSR count). The van der Waals surface area contributed by atoms with Crippen molar-refractivity contribution in [3.8, 4) is 0 Å². The fourth-order valence-electron chi connectivity index (χ4n) is 3.57. The first kappa shape index (κ1) is 23.1. The number of carbonyl (C=O) groups is 2. The Balaban J connectivity index is 1.66. The standard InChI is InChI=1S/C23H27NO6S/c1-15-5-6-16(2)21(11-15)22(25)14-29-23(26)19-7-9-20(10-8-19)31(27,28)24-12-17(3)30-18(4)13-24/h5-11,17-18H,12-14H2,1-4H3. The molecule has 1 aliphatic rings. The normalized spacial score (nSPS) is 19.7. The number of hydrogen-bond acceptors (Lipinski definition) is 6. The SMILES string of the molecule is Cc1ccc(C)c(C(=O)COC(=O)c2ccc(S(=O)(=O)N3CC(C)OC(C)C3)cc2)c1. The molecule has 1 aliphatic heterocycles. The maximum absolute atomic E-state index is 12.9. The van der Waals surface area contributed by atoms with E-state index >= 15 is 0 Å². The molecule has 0 amide bonds. The molecule has 0 spiro atoms. The maximum atomic E-state index is 12.9. The predicted octanol–water partition coefficient (Wildman–Crippen LogP) is 3.14. The van der Waals surface area contributed by atoms with Crippen LogP contribution in [0.3, 0.4) is 0 Å². The highest BCUT2D eigenvalue weighted by Gasteiger charge is 2.32. The van der Waals surface area contributed by atoms with Crippen LogP contribution in [0.15, 0.2) is 47.4 Å². The number of ketones is 1. The van der Waals surface area contributed by atoms with Crippen molar-refractivity contribution in [2.45, 2.75) is 44.8 Å². The van der Waals surface area contributed by atoms with Crippen molar-refractivity contribution < 1.29 is 27.5 Å². The summed E-state index contributed by atoms with van der Waals surface area (Å²) < 4.78 is 37.9. The molecule has 0 saturated carbocycles. The number of rotatable bonds is 6. The van der Waals surface area contributed by atoms with Gasteiger partial charge in [-0.2, -0.15) is 4.31 Å². The second-order valence-corrected chi connectivity index (χ2v) is 9.86. The van der Waals surface area contributed by atoms with Gasteiger partial charge in [0, 0.05) is 18.7 Å². The van der Waals surface area contributed by atoms with Gasteiger partial charge in [0.15, 0.2) is 6.61 Å². The molecule has 31 heavy (non-hydrogen) atoms. The van der Waals surface area contributed by atoms with E-state index in [0.717, 1.165) is 11.1 Å². The van der Waals surface area contributed by atoms with Crippen LogP contribution < -0.4 is 0 Å². The Labute approximate surface area is 183 Å². The summed E-state index contributed by atoms with van der Waals surface area (Å²) in [6, 6.07) is 11.1. The second-order valence-electron chi connectivity index (χ2n) is 7.92. The summed E-state index contributed by atoms with van der Waals surface area (Å²) in [5.74, 6) is -0.972. The number of morpholine rings is 1. The Bertz CT molecular complexity index is 1070. The molecule has 2 aromatic rings. The average molecular weight is 446 g/mol. The number of hydrogen-bond donors (Lipinski definition) is 0. The van der Waals surface area contributed by atoms with Crippen LogP contribution in [0.4, 0.5) is 0 Å². The lowest BCUT2D eigenvalue weighted by Gasteiger charge is -2.34. The van der Waals surface area contributed by atoms with Crippen molar-refractivity contribution in [1.82, 2.24) is 4.31 Å². The first-order valence-electron chi connectivity index (χ1n) is 10.1. The van der Waals surface area contributed by atoms with E-state index in [1.165, 1.54) is 28.6 Å². The number of Topliss-reactive ketones (excluding diaryl/α,β-unsaturated/α-hetero) is 1. The zero-order valence-electron chi connectivity index (χ0n) is 18.1. The highest BCUT2D eigenvalue weighted by atomic mass is 32.2. The van der Waals surface area contributed by atoms with Gasteiger partial charge in [-0.25, -0.2) is 13.2 Å². The summed E-state index contributed by atoms with van der Waals surface area (Å²) in [6.07, 6.45) is -0.385. The summed E-state index contributed by atoms with van der Waals surface area (Å²) >= 11 is 0. The fraction of sp³-hybridized carbons (Fsp3) is 0.391. The van der Waals surface area contributed by atoms with Crippen LogP contribution in [0.25, 0.3) is 0 Å². The molecule has 166 valence electrons. The van der Waals surface area contributed by atoms with Gasteiger partial charge in [-0.05, 0) is 63.6 Å². The van der Waals surface area contributed by atoms with Gasteiger partial charge in [-0.3, -0.25) is 4.79 Å². The van der Waals surface area contributed by atoms with Gasteiger partial charge >= 0.3 is 5.97 Å². The van der Waals surface area contributed by atoms with Crippen LogP contribution in [0.5, 0.6) is 0 Å². The van der Waals surface area contributed by atoms with Gasteiger partial charge < -0.3 is 9.47 Å². The summed E-state index contributed by atoms with van der Waals surface area (Å²) in [5.41, 5.74) is 2.45. The van der Waals surface area contributed by atoms with Gasteiger partial charge in [0.2, 0.25) is 15.8 Å². The molecule has 0 aliphatic carbocycles. The van der Waals surface area contributed by atoms with Crippen LogP contribution in [-0.4, -0.2) is 56.4 Å². The second kappa shape index (κ2) is 9.30. The van der Waals surface area contributed by atoms with Crippen molar-refractivity contribution in [3.63, 3.8) is 0 Å². The molecule has 1 saturated heterocycles. The first-order valence-corrected chi connectivity index (χ1v) is 11.5. The summed E-state index contributed by atoms with van der Waals surface area (Å²) in [7, 11) is -3.69. The molecule has 1 heterocycles. The summed E-state index contributed by atoms with van der Waals surface area (Å²) in [5, 5.41) is 0. The third-order valence-corrected chi connectivity index (χ3v) is 6.99. The fourth-order valence-corrected chi connectivity index (χ4v) is 5.16.